The first-order valence-electron chi connectivity index (χ1n) is 7.88. The Bertz CT molecular complexity index is 834. The quantitative estimate of drug-likeness (QED) is 0.901. The largest absolute Gasteiger partial charge is 0.478 e. The topological polar surface area (TPSA) is 62.2 Å². The van der Waals surface area contributed by atoms with Crippen LogP contribution < -0.4 is 5.32 Å². The lowest BCUT2D eigenvalue weighted by Gasteiger charge is -2.31. The monoisotopic (exact) mass is 320 g/mol. The highest BCUT2D eigenvalue weighted by Crippen LogP contribution is 2.43. The van der Waals surface area contributed by atoms with Crippen LogP contribution in [0.25, 0.3) is 5.57 Å². The number of benzene rings is 1. The van der Waals surface area contributed by atoms with Gasteiger partial charge in [0.05, 0.1) is 5.57 Å². The molecule has 1 aromatic carbocycles. The molecule has 0 bridgehead atoms. The molecule has 0 spiro atoms. The third-order valence-electron chi connectivity index (χ3n) is 4.37. The minimum absolute atomic E-state index is 0.325. The molecular formula is C20H20N2O2. The number of rotatable bonds is 3. The molecule has 24 heavy (non-hydrogen) atoms. The van der Waals surface area contributed by atoms with Crippen molar-refractivity contribution in [2.45, 2.75) is 26.7 Å². The van der Waals surface area contributed by atoms with Crippen LogP contribution in [0.2, 0.25) is 0 Å². The molecule has 3 rings (SSSR count). The fourth-order valence-electron chi connectivity index (χ4n) is 3.27. The van der Waals surface area contributed by atoms with Crippen molar-refractivity contribution in [1.82, 2.24) is 10.3 Å². The van der Waals surface area contributed by atoms with E-state index in [0.29, 0.717) is 11.3 Å². The molecule has 1 unspecified atom stereocenters. The van der Waals surface area contributed by atoms with Gasteiger partial charge in [-0.25, -0.2) is 4.79 Å². The summed E-state index contributed by atoms with van der Waals surface area (Å²) in [4.78, 5) is 16.2. The zero-order valence-electron chi connectivity index (χ0n) is 14.0. The molecular weight excluding hydrogens is 300 g/mol. The predicted octanol–water partition coefficient (Wildman–Crippen LogP) is 3.87. The van der Waals surface area contributed by atoms with Crippen LogP contribution >= 0.6 is 0 Å². The molecule has 122 valence electrons. The minimum Gasteiger partial charge on any atom is -0.478 e. The molecule has 1 atom stereocenters. The molecule has 0 saturated carbocycles. The second-order valence-corrected chi connectivity index (χ2v) is 6.09. The molecule has 2 N–H and O–H groups in total. The fraction of sp³-hybridized carbons (Fsp3) is 0.200. The van der Waals surface area contributed by atoms with Crippen LogP contribution in [-0.2, 0) is 4.79 Å². The van der Waals surface area contributed by atoms with Crippen molar-refractivity contribution < 1.29 is 9.90 Å². The lowest BCUT2D eigenvalue weighted by atomic mass is 9.78. The van der Waals surface area contributed by atoms with Crippen LogP contribution in [0.5, 0.6) is 0 Å². The van der Waals surface area contributed by atoms with Crippen molar-refractivity contribution in [3.63, 3.8) is 0 Å². The Balaban J connectivity index is 2.23. The number of nitrogens with one attached hydrogen (secondary N) is 1. The first kappa shape index (κ1) is 16.0. The molecule has 0 fully saturated rings. The number of aryl methyl sites for hydroxylation is 1. The molecule has 2 heterocycles. The summed E-state index contributed by atoms with van der Waals surface area (Å²) < 4.78 is 0. The van der Waals surface area contributed by atoms with Crippen LogP contribution in [0.15, 0.2) is 65.8 Å². The van der Waals surface area contributed by atoms with Crippen LogP contribution in [0.1, 0.15) is 36.5 Å². The molecule has 4 nitrogen and oxygen atoms in total. The van der Waals surface area contributed by atoms with Crippen molar-refractivity contribution in [3.05, 3.63) is 82.4 Å². The second kappa shape index (κ2) is 6.32. The van der Waals surface area contributed by atoms with Crippen molar-refractivity contribution >= 4 is 11.5 Å². The lowest BCUT2D eigenvalue weighted by molar-refractivity contribution is -0.132. The van der Waals surface area contributed by atoms with Gasteiger partial charge >= 0.3 is 5.97 Å². The van der Waals surface area contributed by atoms with Crippen LogP contribution in [-0.4, -0.2) is 16.1 Å². The van der Waals surface area contributed by atoms with Gasteiger partial charge in [0.15, 0.2) is 0 Å². The number of pyridine rings is 1. The van der Waals surface area contributed by atoms with Crippen molar-refractivity contribution in [1.29, 1.82) is 0 Å². The van der Waals surface area contributed by atoms with Gasteiger partial charge < -0.3 is 10.4 Å². The van der Waals surface area contributed by atoms with Gasteiger partial charge in [0.1, 0.15) is 0 Å². The van der Waals surface area contributed by atoms with E-state index in [9.17, 15) is 9.90 Å². The molecule has 1 aliphatic heterocycles. The fourth-order valence-corrected chi connectivity index (χ4v) is 3.27. The first-order chi connectivity index (χ1) is 11.5. The van der Waals surface area contributed by atoms with E-state index in [1.807, 2.05) is 57.2 Å². The first-order valence-corrected chi connectivity index (χ1v) is 7.88. The summed E-state index contributed by atoms with van der Waals surface area (Å²) in [6, 6.07) is 11.9. The lowest BCUT2D eigenvalue weighted by Crippen LogP contribution is -2.27. The van der Waals surface area contributed by atoms with Crippen LogP contribution in [0.3, 0.4) is 0 Å². The summed E-state index contributed by atoms with van der Waals surface area (Å²) in [6.45, 7) is 5.81. The van der Waals surface area contributed by atoms with Crippen LogP contribution in [0.4, 0.5) is 0 Å². The van der Waals surface area contributed by atoms with E-state index in [-0.39, 0.29) is 5.92 Å². The minimum atomic E-state index is -0.903. The maximum absolute atomic E-state index is 12.0. The zero-order chi connectivity index (χ0) is 17.3. The molecule has 1 aliphatic rings. The molecule has 0 radical (unpaired) electrons. The van der Waals surface area contributed by atoms with Gasteiger partial charge in [-0.1, -0.05) is 35.9 Å². The Hall–Kier alpha value is -2.88. The number of carboxylic acid groups (broad SMARTS) is 1. The van der Waals surface area contributed by atoms with Gasteiger partial charge in [-0.3, -0.25) is 4.98 Å². The maximum Gasteiger partial charge on any atom is 0.334 e. The highest BCUT2D eigenvalue weighted by Gasteiger charge is 2.33. The summed E-state index contributed by atoms with van der Waals surface area (Å²) in [5.74, 6) is -1.23. The number of dihydropyridines is 1. The van der Waals surface area contributed by atoms with Gasteiger partial charge in [0, 0.05) is 29.7 Å². The van der Waals surface area contributed by atoms with Gasteiger partial charge in [0.25, 0.3) is 0 Å². The normalized spacial score (nSPS) is 17.7. The Morgan fingerprint density at radius 2 is 1.79 bits per heavy atom. The summed E-state index contributed by atoms with van der Waals surface area (Å²) in [6.07, 6.45) is 3.50. The number of carboxylic acids is 1. The standard InChI is InChI=1S/C20H20N2O2/c1-12-6-8-15(9-7-12)19-17(16-5-4-10-21-11-16)13(2)22-14(3)18(19)20(23)24/h4-11,19,22H,1-3H3,(H,23,24). The van der Waals surface area contributed by atoms with E-state index in [0.717, 1.165) is 28.0 Å². The molecule has 1 aromatic heterocycles. The molecule has 4 heteroatoms. The van der Waals surface area contributed by atoms with Gasteiger partial charge in [-0.2, -0.15) is 0 Å². The highest BCUT2D eigenvalue weighted by atomic mass is 16.4. The molecule has 0 amide bonds. The summed E-state index contributed by atoms with van der Waals surface area (Å²) in [5, 5.41) is 13.0. The zero-order valence-corrected chi connectivity index (χ0v) is 14.0. The number of aliphatic carboxylic acids is 1. The number of allylic oxidation sites excluding steroid dienone is 3. The number of hydrogen-bond acceptors (Lipinski definition) is 3. The van der Waals surface area contributed by atoms with E-state index in [4.69, 9.17) is 0 Å². The molecule has 0 aliphatic carbocycles. The van der Waals surface area contributed by atoms with E-state index in [1.165, 1.54) is 0 Å². The van der Waals surface area contributed by atoms with Gasteiger partial charge in [0.2, 0.25) is 0 Å². The highest BCUT2D eigenvalue weighted by molar-refractivity contribution is 5.96. The third-order valence-corrected chi connectivity index (χ3v) is 4.37. The SMILES string of the molecule is CC1=C(C(=O)O)C(c2ccc(C)cc2)C(c2cccnc2)=C(C)N1. The van der Waals surface area contributed by atoms with Crippen LogP contribution in [0, 0.1) is 6.92 Å². The van der Waals surface area contributed by atoms with Crippen molar-refractivity contribution in [2.75, 3.05) is 0 Å². The number of carbonyl (C=O) groups is 1. The molecule has 2 aromatic rings. The smallest absolute Gasteiger partial charge is 0.334 e. The van der Waals surface area contributed by atoms with E-state index in [2.05, 4.69) is 10.3 Å². The average Bonchev–Trinajstić information content (AvgIpc) is 2.55. The average molecular weight is 320 g/mol. The number of aromatic nitrogens is 1. The van der Waals surface area contributed by atoms with E-state index < -0.39 is 5.97 Å². The Kier molecular flexibility index (Phi) is 4.21. The predicted molar refractivity (Wildman–Crippen MR) is 94.2 cm³/mol. The third kappa shape index (κ3) is 2.83. The summed E-state index contributed by atoms with van der Waals surface area (Å²) in [7, 11) is 0. The van der Waals surface area contributed by atoms with Crippen molar-refractivity contribution in [2.24, 2.45) is 0 Å². The Morgan fingerprint density at radius 3 is 2.38 bits per heavy atom. The second-order valence-electron chi connectivity index (χ2n) is 6.09. The number of nitrogens with zero attached hydrogens (tertiary/aromatic N) is 1. The summed E-state index contributed by atoms with van der Waals surface area (Å²) >= 11 is 0. The maximum atomic E-state index is 12.0. The molecule has 0 saturated heterocycles. The van der Waals surface area contributed by atoms with Gasteiger partial charge in [-0.15, -0.1) is 0 Å². The van der Waals surface area contributed by atoms with Gasteiger partial charge in [-0.05, 0) is 43.5 Å². The van der Waals surface area contributed by atoms with Crippen molar-refractivity contribution in [3.8, 4) is 0 Å². The Labute approximate surface area is 141 Å². The number of hydrogen-bond donors (Lipinski definition) is 2. The summed E-state index contributed by atoms with van der Waals surface area (Å²) in [5.41, 5.74) is 6.01. The Morgan fingerprint density at radius 1 is 1.08 bits per heavy atom. The van der Waals surface area contributed by atoms with E-state index in [1.54, 1.807) is 12.4 Å². The van der Waals surface area contributed by atoms with E-state index >= 15 is 0 Å².